The molecule has 5 nitrogen and oxygen atoms in total. The molecule has 0 spiro atoms. The number of anilines is 1. The number of nitrogens with zero attached hydrogens (tertiary/aromatic N) is 2. The molecule has 0 saturated carbocycles. The number of carbonyl (C=O) groups excluding carboxylic acids is 1. The summed E-state index contributed by atoms with van der Waals surface area (Å²) in [7, 11) is 1.53. The second-order valence-electron chi connectivity index (χ2n) is 4.94. The van der Waals surface area contributed by atoms with E-state index in [2.05, 4.69) is 14.7 Å². The van der Waals surface area contributed by atoms with Gasteiger partial charge in [0, 0.05) is 17.1 Å². The second-order valence-corrected chi connectivity index (χ2v) is 5.70. The molecule has 1 amide bonds. The molecule has 2 aromatic carbocycles. The Morgan fingerprint density at radius 2 is 1.87 bits per heavy atom. The Hall–Kier alpha value is -2.73. The number of para-hydroxylation sites is 1. The number of carbonyl (C=O) groups is 1. The number of aryl methyl sites for hydroxylation is 1. The van der Waals surface area contributed by atoms with Crippen molar-refractivity contribution in [3.05, 3.63) is 59.7 Å². The van der Waals surface area contributed by atoms with E-state index in [0.29, 0.717) is 22.3 Å². The molecule has 0 fully saturated rings. The average molecular weight is 325 g/mol. The van der Waals surface area contributed by atoms with Crippen molar-refractivity contribution in [2.24, 2.45) is 0 Å². The van der Waals surface area contributed by atoms with Gasteiger partial charge < -0.3 is 4.74 Å². The minimum absolute atomic E-state index is 0.269. The zero-order chi connectivity index (χ0) is 16.2. The van der Waals surface area contributed by atoms with Crippen LogP contribution < -0.4 is 10.1 Å². The normalized spacial score (nSPS) is 10.3. The topological polar surface area (TPSA) is 64.1 Å². The number of ether oxygens (including phenoxy) is 1. The summed E-state index contributed by atoms with van der Waals surface area (Å²) in [5.74, 6) is 0.854. The lowest BCUT2D eigenvalue weighted by atomic mass is 10.1. The second kappa shape index (κ2) is 6.58. The van der Waals surface area contributed by atoms with Crippen LogP contribution in [0, 0.1) is 6.92 Å². The van der Waals surface area contributed by atoms with Gasteiger partial charge in [-0.1, -0.05) is 42.0 Å². The van der Waals surface area contributed by atoms with Gasteiger partial charge in [-0.15, -0.1) is 0 Å². The van der Waals surface area contributed by atoms with E-state index in [1.54, 1.807) is 18.2 Å². The predicted molar refractivity (Wildman–Crippen MR) is 91.0 cm³/mol. The van der Waals surface area contributed by atoms with Crippen LogP contribution in [0.4, 0.5) is 5.13 Å². The van der Waals surface area contributed by atoms with Crippen LogP contribution in [0.5, 0.6) is 5.75 Å². The summed E-state index contributed by atoms with van der Waals surface area (Å²) in [6.45, 7) is 2.02. The third kappa shape index (κ3) is 3.37. The van der Waals surface area contributed by atoms with E-state index in [1.807, 2.05) is 37.3 Å². The molecule has 3 aromatic rings. The average Bonchev–Trinajstić information content (AvgIpc) is 3.04. The Bertz CT molecular complexity index is 828. The minimum atomic E-state index is -0.269. The number of rotatable bonds is 4. The molecule has 0 aliphatic rings. The van der Waals surface area contributed by atoms with Crippen LogP contribution in [0.1, 0.15) is 15.9 Å². The number of amides is 1. The van der Waals surface area contributed by atoms with Crippen molar-refractivity contribution in [3.63, 3.8) is 0 Å². The number of aromatic nitrogens is 2. The molecular formula is C17H15N3O2S. The molecule has 0 bridgehead atoms. The number of nitrogens with one attached hydrogen (secondary N) is 1. The molecule has 0 saturated heterocycles. The third-order valence-corrected chi connectivity index (χ3v) is 3.94. The molecule has 23 heavy (non-hydrogen) atoms. The minimum Gasteiger partial charge on any atom is -0.496 e. The number of benzene rings is 2. The van der Waals surface area contributed by atoms with Gasteiger partial charge in [0.1, 0.15) is 5.75 Å². The monoisotopic (exact) mass is 325 g/mol. The zero-order valence-electron chi connectivity index (χ0n) is 12.7. The van der Waals surface area contributed by atoms with Gasteiger partial charge >= 0.3 is 0 Å². The van der Waals surface area contributed by atoms with Crippen molar-refractivity contribution >= 4 is 22.6 Å². The van der Waals surface area contributed by atoms with Gasteiger partial charge in [0.25, 0.3) is 5.91 Å². The largest absolute Gasteiger partial charge is 0.496 e. The highest BCUT2D eigenvalue weighted by molar-refractivity contribution is 7.10. The smallest absolute Gasteiger partial charge is 0.261 e. The van der Waals surface area contributed by atoms with Crippen LogP contribution in [0.25, 0.3) is 11.4 Å². The zero-order valence-corrected chi connectivity index (χ0v) is 13.6. The summed E-state index contributed by atoms with van der Waals surface area (Å²) < 4.78 is 9.49. The molecule has 0 aliphatic heterocycles. The maximum absolute atomic E-state index is 12.3. The van der Waals surface area contributed by atoms with E-state index in [0.717, 1.165) is 17.1 Å². The Kier molecular flexibility index (Phi) is 4.34. The van der Waals surface area contributed by atoms with Gasteiger partial charge in [-0.2, -0.15) is 9.36 Å². The van der Waals surface area contributed by atoms with Crippen molar-refractivity contribution in [2.75, 3.05) is 12.4 Å². The molecule has 1 aromatic heterocycles. The highest BCUT2D eigenvalue weighted by atomic mass is 32.1. The molecule has 0 radical (unpaired) electrons. The molecule has 6 heteroatoms. The lowest BCUT2D eigenvalue weighted by molar-refractivity contribution is 0.102. The van der Waals surface area contributed by atoms with Crippen molar-refractivity contribution in [2.45, 2.75) is 6.92 Å². The summed E-state index contributed by atoms with van der Waals surface area (Å²) in [6.07, 6.45) is 0. The van der Waals surface area contributed by atoms with Gasteiger partial charge in [-0.3, -0.25) is 10.1 Å². The highest BCUT2D eigenvalue weighted by Crippen LogP contribution is 2.23. The first-order valence-corrected chi connectivity index (χ1v) is 7.80. The first kappa shape index (κ1) is 15.2. The molecular weight excluding hydrogens is 310 g/mol. The van der Waals surface area contributed by atoms with E-state index in [4.69, 9.17) is 4.74 Å². The Balaban J connectivity index is 1.79. The van der Waals surface area contributed by atoms with Crippen LogP contribution in [-0.4, -0.2) is 22.4 Å². The maximum atomic E-state index is 12.3. The van der Waals surface area contributed by atoms with Gasteiger partial charge in [0.15, 0.2) is 5.82 Å². The SMILES string of the molecule is COc1ccccc1C(=O)Nc1nc(-c2ccc(C)cc2)ns1. The lowest BCUT2D eigenvalue weighted by Gasteiger charge is -2.06. The van der Waals surface area contributed by atoms with Gasteiger partial charge in [0.05, 0.1) is 12.7 Å². The number of hydrogen-bond donors (Lipinski definition) is 1. The number of hydrogen-bond acceptors (Lipinski definition) is 5. The van der Waals surface area contributed by atoms with Crippen LogP contribution in [-0.2, 0) is 0 Å². The first-order chi connectivity index (χ1) is 11.2. The van der Waals surface area contributed by atoms with E-state index in [9.17, 15) is 4.79 Å². The van der Waals surface area contributed by atoms with Crippen LogP contribution in [0.3, 0.4) is 0 Å². The van der Waals surface area contributed by atoms with Gasteiger partial charge in [-0.25, -0.2) is 0 Å². The molecule has 0 unspecified atom stereocenters. The Morgan fingerprint density at radius 1 is 1.13 bits per heavy atom. The molecule has 1 N–H and O–H groups in total. The molecule has 1 heterocycles. The molecule has 3 rings (SSSR count). The van der Waals surface area contributed by atoms with Gasteiger partial charge in [0.2, 0.25) is 5.13 Å². The fourth-order valence-corrected chi connectivity index (χ4v) is 2.68. The third-order valence-electron chi connectivity index (χ3n) is 3.31. The molecule has 116 valence electrons. The van der Waals surface area contributed by atoms with E-state index in [-0.39, 0.29) is 5.91 Å². The highest BCUT2D eigenvalue weighted by Gasteiger charge is 2.14. The van der Waals surface area contributed by atoms with Crippen molar-refractivity contribution < 1.29 is 9.53 Å². The molecule has 0 atom stereocenters. The van der Waals surface area contributed by atoms with E-state index < -0.39 is 0 Å². The Morgan fingerprint density at radius 3 is 2.61 bits per heavy atom. The molecule has 0 aliphatic carbocycles. The van der Waals surface area contributed by atoms with Crippen LogP contribution >= 0.6 is 11.5 Å². The van der Waals surface area contributed by atoms with Crippen LogP contribution in [0.15, 0.2) is 48.5 Å². The summed E-state index contributed by atoms with van der Waals surface area (Å²) in [4.78, 5) is 16.7. The summed E-state index contributed by atoms with van der Waals surface area (Å²) in [5, 5.41) is 3.22. The van der Waals surface area contributed by atoms with Crippen LogP contribution in [0.2, 0.25) is 0 Å². The summed E-state index contributed by atoms with van der Waals surface area (Å²) in [5.41, 5.74) is 2.56. The quantitative estimate of drug-likeness (QED) is 0.793. The van der Waals surface area contributed by atoms with Gasteiger partial charge in [-0.05, 0) is 19.1 Å². The maximum Gasteiger partial charge on any atom is 0.261 e. The predicted octanol–water partition coefficient (Wildman–Crippen LogP) is 3.77. The van der Waals surface area contributed by atoms with Crippen molar-refractivity contribution in [3.8, 4) is 17.1 Å². The lowest BCUT2D eigenvalue weighted by Crippen LogP contribution is -2.12. The summed E-state index contributed by atoms with van der Waals surface area (Å²) >= 11 is 1.15. The number of methoxy groups -OCH3 is 1. The Labute approximate surface area is 138 Å². The van der Waals surface area contributed by atoms with Crippen molar-refractivity contribution in [1.82, 2.24) is 9.36 Å². The standard InChI is InChI=1S/C17H15N3O2S/c1-11-7-9-12(10-8-11)15-18-17(23-20-15)19-16(21)13-5-3-4-6-14(13)22-2/h3-10H,1-2H3,(H,18,19,20,21). The van der Waals surface area contributed by atoms with E-state index >= 15 is 0 Å². The van der Waals surface area contributed by atoms with E-state index in [1.165, 1.54) is 12.7 Å². The summed E-state index contributed by atoms with van der Waals surface area (Å²) in [6, 6.07) is 15.0. The van der Waals surface area contributed by atoms with Crippen molar-refractivity contribution in [1.29, 1.82) is 0 Å². The first-order valence-electron chi connectivity index (χ1n) is 7.02. The fraction of sp³-hybridized carbons (Fsp3) is 0.118. The fourth-order valence-electron chi connectivity index (χ4n) is 2.09.